The number of fused-ring (bicyclic) bond motifs is 1. The number of benzene rings is 1. The van der Waals surface area contributed by atoms with Crippen LogP contribution in [0.1, 0.15) is 41.1 Å². The van der Waals surface area contributed by atoms with Crippen LogP contribution in [0.25, 0.3) is 10.2 Å². The molecule has 0 spiro atoms. The largest absolute Gasteiger partial charge is 0.352 e. The maximum atomic E-state index is 12.7. The average molecular weight is 427 g/mol. The van der Waals surface area contributed by atoms with Crippen LogP contribution in [-0.2, 0) is 11.3 Å². The fourth-order valence-electron chi connectivity index (χ4n) is 3.05. The van der Waals surface area contributed by atoms with Crippen LogP contribution in [0, 0.1) is 19.8 Å². The molecule has 7 nitrogen and oxygen atoms in total. The molecule has 2 amide bonds. The summed E-state index contributed by atoms with van der Waals surface area (Å²) >= 11 is 1.50. The summed E-state index contributed by atoms with van der Waals surface area (Å²) < 4.78 is 1.46. The van der Waals surface area contributed by atoms with Gasteiger partial charge in [-0.15, -0.1) is 11.3 Å². The van der Waals surface area contributed by atoms with Crippen molar-refractivity contribution in [1.82, 2.24) is 14.9 Å². The first-order valence-electron chi connectivity index (χ1n) is 9.90. The van der Waals surface area contributed by atoms with Gasteiger partial charge in [0.15, 0.2) is 0 Å². The van der Waals surface area contributed by atoms with Crippen LogP contribution in [0.2, 0.25) is 0 Å². The second kappa shape index (κ2) is 9.21. The quantitative estimate of drug-likeness (QED) is 0.605. The van der Waals surface area contributed by atoms with Gasteiger partial charge in [0.25, 0.3) is 11.5 Å². The first-order chi connectivity index (χ1) is 14.3. The smallest absolute Gasteiger partial charge is 0.262 e. The van der Waals surface area contributed by atoms with Gasteiger partial charge in [-0.3, -0.25) is 19.0 Å². The highest BCUT2D eigenvalue weighted by atomic mass is 32.1. The van der Waals surface area contributed by atoms with E-state index in [0.29, 0.717) is 29.1 Å². The molecule has 158 valence electrons. The van der Waals surface area contributed by atoms with Crippen molar-refractivity contribution in [3.05, 3.63) is 57.0 Å². The molecular weight excluding hydrogens is 400 g/mol. The Morgan fingerprint density at radius 3 is 2.67 bits per heavy atom. The molecule has 0 aliphatic heterocycles. The number of nitrogens with zero attached hydrogens (tertiary/aromatic N) is 2. The van der Waals surface area contributed by atoms with Crippen LogP contribution < -0.4 is 16.2 Å². The Bertz CT molecular complexity index is 1150. The molecule has 30 heavy (non-hydrogen) atoms. The molecule has 0 saturated carbocycles. The third kappa shape index (κ3) is 4.76. The Kier molecular flexibility index (Phi) is 6.66. The minimum atomic E-state index is -0.274. The van der Waals surface area contributed by atoms with Gasteiger partial charge >= 0.3 is 0 Å². The maximum absolute atomic E-state index is 12.7. The van der Waals surface area contributed by atoms with Crippen molar-refractivity contribution < 1.29 is 9.59 Å². The molecule has 0 atom stereocenters. The first kappa shape index (κ1) is 21.7. The van der Waals surface area contributed by atoms with Gasteiger partial charge in [0.05, 0.1) is 23.0 Å². The number of carbonyl (C=O) groups excluding carboxylic acids is 2. The Labute approximate surface area is 179 Å². The van der Waals surface area contributed by atoms with Crippen molar-refractivity contribution in [3.63, 3.8) is 0 Å². The molecule has 2 heterocycles. The molecule has 1 aromatic carbocycles. The molecule has 0 radical (unpaired) electrons. The number of hydrogen-bond donors (Lipinski definition) is 2. The summed E-state index contributed by atoms with van der Waals surface area (Å²) in [7, 11) is 0. The lowest BCUT2D eigenvalue weighted by Gasteiger charge is -2.13. The zero-order valence-electron chi connectivity index (χ0n) is 17.6. The van der Waals surface area contributed by atoms with E-state index < -0.39 is 0 Å². The molecule has 2 aromatic heterocycles. The lowest BCUT2D eigenvalue weighted by atomic mass is 10.1. The van der Waals surface area contributed by atoms with Crippen LogP contribution in [0.3, 0.4) is 0 Å². The van der Waals surface area contributed by atoms with E-state index in [1.165, 1.54) is 22.2 Å². The second-order valence-electron chi connectivity index (χ2n) is 7.65. The lowest BCUT2D eigenvalue weighted by molar-refractivity contribution is -0.116. The van der Waals surface area contributed by atoms with E-state index in [1.807, 2.05) is 27.7 Å². The predicted octanol–water partition coefficient (Wildman–Crippen LogP) is 3.49. The van der Waals surface area contributed by atoms with Crippen molar-refractivity contribution in [2.75, 3.05) is 11.9 Å². The second-order valence-corrected chi connectivity index (χ2v) is 8.86. The number of thiophene rings is 1. The number of carbonyl (C=O) groups is 2. The third-order valence-corrected chi connectivity index (χ3v) is 5.97. The number of para-hydroxylation sites is 1. The SMILES string of the molecule is Cc1sc2ncn(CCC(=O)Nc3ccccc3C(=O)NCC(C)C)c(=O)c2c1C. The minimum absolute atomic E-state index is 0.0945. The normalized spacial score (nSPS) is 11.1. The number of amides is 2. The molecule has 0 aliphatic carbocycles. The zero-order valence-corrected chi connectivity index (χ0v) is 18.4. The summed E-state index contributed by atoms with van der Waals surface area (Å²) in [6.07, 6.45) is 1.58. The summed E-state index contributed by atoms with van der Waals surface area (Å²) in [6.45, 7) is 8.68. The summed E-state index contributed by atoms with van der Waals surface area (Å²) in [5, 5.41) is 6.26. The highest BCUT2D eigenvalue weighted by Crippen LogP contribution is 2.25. The molecule has 3 rings (SSSR count). The molecule has 0 unspecified atom stereocenters. The third-order valence-electron chi connectivity index (χ3n) is 4.85. The molecular formula is C22H26N4O3S. The Morgan fingerprint density at radius 1 is 1.20 bits per heavy atom. The fourth-order valence-corrected chi connectivity index (χ4v) is 4.03. The number of anilines is 1. The summed E-state index contributed by atoms with van der Waals surface area (Å²) in [4.78, 5) is 43.8. The maximum Gasteiger partial charge on any atom is 0.262 e. The number of aromatic nitrogens is 2. The van der Waals surface area contributed by atoms with Crippen LogP contribution in [-0.4, -0.2) is 27.9 Å². The number of nitrogens with one attached hydrogen (secondary N) is 2. The monoisotopic (exact) mass is 426 g/mol. The van der Waals surface area contributed by atoms with Crippen molar-refractivity contribution in [2.45, 2.75) is 40.7 Å². The molecule has 0 bridgehead atoms. The van der Waals surface area contributed by atoms with E-state index in [-0.39, 0.29) is 30.3 Å². The lowest BCUT2D eigenvalue weighted by Crippen LogP contribution is -2.28. The Hall–Kier alpha value is -3.00. The topological polar surface area (TPSA) is 93.1 Å². The van der Waals surface area contributed by atoms with Crippen molar-refractivity contribution in [2.24, 2.45) is 5.92 Å². The van der Waals surface area contributed by atoms with Crippen LogP contribution in [0.5, 0.6) is 0 Å². The van der Waals surface area contributed by atoms with Gasteiger partial charge in [0.2, 0.25) is 5.91 Å². The van der Waals surface area contributed by atoms with E-state index >= 15 is 0 Å². The molecule has 0 saturated heterocycles. The van der Waals surface area contributed by atoms with Gasteiger partial charge in [0.1, 0.15) is 4.83 Å². The van der Waals surface area contributed by atoms with Gasteiger partial charge in [-0.1, -0.05) is 26.0 Å². The zero-order chi connectivity index (χ0) is 21.8. The van der Waals surface area contributed by atoms with E-state index in [1.54, 1.807) is 24.3 Å². The standard InChI is InChI=1S/C22H26N4O3S/c1-13(2)11-23-20(28)16-7-5-6-8-17(16)25-18(27)9-10-26-12-24-21-19(22(26)29)14(3)15(4)30-21/h5-8,12-13H,9-11H2,1-4H3,(H,23,28)(H,25,27). The van der Waals surface area contributed by atoms with E-state index in [2.05, 4.69) is 15.6 Å². The fraction of sp³-hybridized carbons (Fsp3) is 0.364. The molecule has 0 fully saturated rings. The van der Waals surface area contributed by atoms with Gasteiger partial charge in [-0.2, -0.15) is 0 Å². The number of hydrogen-bond acceptors (Lipinski definition) is 5. The Morgan fingerprint density at radius 2 is 1.93 bits per heavy atom. The highest BCUT2D eigenvalue weighted by Gasteiger charge is 2.15. The van der Waals surface area contributed by atoms with E-state index in [0.717, 1.165) is 15.3 Å². The average Bonchev–Trinajstić information content (AvgIpc) is 3.00. The molecule has 8 heteroatoms. The number of aryl methyl sites for hydroxylation is 3. The van der Waals surface area contributed by atoms with Crippen LogP contribution in [0.4, 0.5) is 5.69 Å². The van der Waals surface area contributed by atoms with E-state index in [9.17, 15) is 14.4 Å². The summed E-state index contributed by atoms with van der Waals surface area (Å²) in [5.41, 5.74) is 1.67. The number of rotatable bonds is 7. The Balaban J connectivity index is 1.69. The minimum Gasteiger partial charge on any atom is -0.352 e. The van der Waals surface area contributed by atoms with Gasteiger partial charge in [-0.05, 0) is 37.5 Å². The molecule has 0 aliphatic rings. The van der Waals surface area contributed by atoms with Crippen molar-refractivity contribution in [3.8, 4) is 0 Å². The molecule has 3 aromatic rings. The van der Waals surface area contributed by atoms with Gasteiger partial charge < -0.3 is 10.6 Å². The van der Waals surface area contributed by atoms with Crippen molar-refractivity contribution in [1.29, 1.82) is 0 Å². The van der Waals surface area contributed by atoms with E-state index in [4.69, 9.17) is 0 Å². The van der Waals surface area contributed by atoms with Gasteiger partial charge in [-0.25, -0.2) is 4.98 Å². The molecule has 2 N–H and O–H groups in total. The van der Waals surface area contributed by atoms with Crippen LogP contribution >= 0.6 is 11.3 Å². The van der Waals surface area contributed by atoms with Crippen LogP contribution in [0.15, 0.2) is 35.4 Å². The highest BCUT2D eigenvalue weighted by molar-refractivity contribution is 7.18. The summed E-state index contributed by atoms with van der Waals surface area (Å²) in [6, 6.07) is 6.89. The van der Waals surface area contributed by atoms with Crippen molar-refractivity contribution >= 4 is 39.1 Å². The first-order valence-corrected chi connectivity index (χ1v) is 10.7. The van der Waals surface area contributed by atoms with Gasteiger partial charge in [0, 0.05) is 24.4 Å². The predicted molar refractivity (Wildman–Crippen MR) is 120 cm³/mol. The summed E-state index contributed by atoms with van der Waals surface area (Å²) in [5.74, 6) is -0.172.